The number of nitrogens with zero attached hydrogens (tertiary/aromatic N) is 2. The number of carbonyl (C=O) groups excluding carboxylic acids is 2. The third kappa shape index (κ3) is 1.76. The molecule has 0 bridgehead atoms. The van der Waals surface area contributed by atoms with Crippen LogP contribution in [0.4, 0.5) is 5.69 Å². The number of benzene rings is 2. The predicted molar refractivity (Wildman–Crippen MR) is 88.9 cm³/mol. The monoisotopic (exact) mass is 319 g/mol. The van der Waals surface area contributed by atoms with Crippen molar-refractivity contribution < 1.29 is 9.59 Å². The number of anilines is 1. The average molecular weight is 319 g/mol. The highest BCUT2D eigenvalue weighted by Crippen LogP contribution is 2.45. The maximum absolute atomic E-state index is 13.1. The minimum Gasteiger partial charge on any atom is -0.274 e. The lowest BCUT2D eigenvalue weighted by Gasteiger charge is -2.33. The van der Waals surface area contributed by atoms with Gasteiger partial charge in [-0.25, -0.2) is 15.3 Å². The molecule has 2 amide bonds. The Hall–Kier alpha value is -2.50. The van der Waals surface area contributed by atoms with E-state index in [1.54, 1.807) is 0 Å². The van der Waals surface area contributed by atoms with Crippen LogP contribution < -0.4 is 10.3 Å². The normalized spacial score (nSPS) is 28.7. The second-order valence-electron chi connectivity index (χ2n) is 6.57. The van der Waals surface area contributed by atoms with Gasteiger partial charge in [-0.05, 0) is 29.7 Å². The van der Waals surface area contributed by atoms with Gasteiger partial charge in [0.25, 0.3) is 5.91 Å². The molecular formula is C19H17N3O2. The number of nitrogens with one attached hydrogen (secondary N) is 1. The third-order valence-corrected chi connectivity index (χ3v) is 5.34. The predicted octanol–water partition coefficient (Wildman–Crippen LogP) is 1.66. The minimum atomic E-state index is -0.464. The Kier molecular flexibility index (Phi) is 2.89. The summed E-state index contributed by atoms with van der Waals surface area (Å²) in [5.74, 6) is -0.616. The number of fused-ring (bicyclic) bond motifs is 5. The van der Waals surface area contributed by atoms with Crippen LogP contribution in [-0.2, 0) is 16.0 Å². The lowest BCUT2D eigenvalue weighted by molar-refractivity contribution is -0.124. The Balaban J connectivity index is 1.58. The lowest BCUT2D eigenvalue weighted by Crippen LogP contribution is -2.46. The van der Waals surface area contributed by atoms with Gasteiger partial charge in [0, 0.05) is 6.54 Å². The SMILES string of the molecule is O=C1[C@H]2[C@H](NN3CCc4ccccc4[C@H]23)C(=O)N1c1ccccc1. The van der Waals surface area contributed by atoms with Crippen molar-refractivity contribution in [1.29, 1.82) is 0 Å². The molecule has 120 valence electrons. The Morgan fingerprint density at radius 2 is 1.67 bits per heavy atom. The molecule has 3 heterocycles. The molecule has 3 atom stereocenters. The summed E-state index contributed by atoms with van der Waals surface area (Å²) in [5.41, 5.74) is 6.39. The number of para-hydroxylation sites is 1. The van der Waals surface area contributed by atoms with E-state index in [1.807, 2.05) is 42.5 Å². The molecule has 5 heteroatoms. The van der Waals surface area contributed by atoms with Crippen LogP contribution in [0.2, 0.25) is 0 Å². The van der Waals surface area contributed by atoms with Gasteiger partial charge < -0.3 is 0 Å². The molecule has 3 aliphatic rings. The van der Waals surface area contributed by atoms with Gasteiger partial charge in [-0.3, -0.25) is 9.59 Å². The van der Waals surface area contributed by atoms with E-state index in [1.165, 1.54) is 16.0 Å². The first kappa shape index (κ1) is 13.9. The molecule has 2 aromatic carbocycles. The molecule has 2 saturated heterocycles. The molecule has 3 aliphatic heterocycles. The zero-order valence-electron chi connectivity index (χ0n) is 13.1. The molecule has 2 fully saturated rings. The molecule has 0 aromatic heterocycles. The van der Waals surface area contributed by atoms with Crippen LogP contribution in [0, 0.1) is 5.92 Å². The van der Waals surface area contributed by atoms with Crippen molar-refractivity contribution >= 4 is 17.5 Å². The fourth-order valence-electron chi connectivity index (χ4n) is 4.29. The second kappa shape index (κ2) is 5.00. The van der Waals surface area contributed by atoms with Gasteiger partial charge in [0.05, 0.1) is 17.6 Å². The Morgan fingerprint density at radius 1 is 0.917 bits per heavy atom. The van der Waals surface area contributed by atoms with Crippen molar-refractivity contribution in [3.63, 3.8) is 0 Å². The Morgan fingerprint density at radius 3 is 2.50 bits per heavy atom. The number of carbonyl (C=O) groups is 2. The molecule has 5 nitrogen and oxygen atoms in total. The van der Waals surface area contributed by atoms with Crippen LogP contribution in [0.3, 0.4) is 0 Å². The van der Waals surface area contributed by atoms with E-state index in [0.717, 1.165) is 13.0 Å². The number of hydrogen-bond donors (Lipinski definition) is 1. The molecule has 2 aromatic rings. The zero-order valence-corrected chi connectivity index (χ0v) is 13.1. The first-order valence-corrected chi connectivity index (χ1v) is 8.29. The van der Waals surface area contributed by atoms with E-state index in [2.05, 4.69) is 22.6 Å². The van der Waals surface area contributed by atoms with Gasteiger partial charge in [0.1, 0.15) is 6.04 Å². The van der Waals surface area contributed by atoms with E-state index in [4.69, 9.17) is 0 Å². The molecule has 1 N–H and O–H groups in total. The van der Waals surface area contributed by atoms with Crippen LogP contribution >= 0.6 is 0 Å². The average Bonchev–Trinajstić information content (AvgIpc) is 3.12. The lowest BCUT2D eigenvalue weighted by atomic mass is 9.85. The van der Waals surface area contributed by atoms with Gasteiger partial charge in [0.15, 0.2) is 0 Å². The van der Waals surface area contributed by atoms with Crippen molar-refractivity contribution in [1.82, 2.24) is 10.4 Å². The first-order valence-electron chi connectivity index (χ1n) is 8.29. The van der Waals surface area contributed by atoms with Crippen LogP contribution in [0.5, 0.6) is 0 Å². The molecule has 5 rings (SSSR count). The molecular weight excluding hydrogens is 302 g/mol. The number of imide groups is 1. The number of rotatable bonds is 1. The fourth-order valence-corrected chi connectivity index (χ4v) is 4.29. The van der Waals surface area contributed by atoms with Crippen LogP contribution in [-0.4, -0.2) is 29.4 Å². The molecule has 0 radical (unpaired) electrons. The van der Waals surface area contributed by atoms with E-state index in [0.29, 0.717) is 5.69 Å². The Labute approximate surface area is 139 Å². The summed E-state index contributed by atoms with van der Waals surface area (Å²) < 4.78 is 0. The molecule has 0 spiro atoms. The van der Waals surface area contributed by atoms with E-state index < -0.39 is 6.04 Å². The minimum absolute atomic E-state index is 0.0647. The highest BCUT2D eigenvalue weighted by Gasteiger charge is 2.59. The summed E-state index contributed by atoms with van der Waals surface area (Å²) in [6.45, 7) is 0.820. The largest absolute Gasteiger partial charge is 0.274 e. The van der Waals surface area contributed by atoms with Crippen LogP contribution in [0.15, 0.2) is 54.6 Å². The maximum Gasteiger partial charge on any atom is 0.253 e. The molecule has 0 saturated carbocycles. The second-order valence-corrected chi connectivity index (χ2v) is 6.57. The summed E-state index contributed by atoms with van der Waals surface area (Å²) in [7, 11) is 0. The first-order chi connectivity index (χ1) is 11.8. The van der Waals surface area contributed by atoms with Gasteiger partial charge in [-0.2, -0.15) is 0 Å². The van der Waals surface area contributed by atoms with Gasteiger partial charge in [0.2, 0.25) is 5.91 Å². The van der Waals surface area contributed by atoms with E-state index in [-0.39, 0.29) is 23.8 Å². The summed E-state index contributed by atoms with van der Waals surface area (Å²) in [4.78, 5) is 27.3. The topological polar surface area (TPSA) is 52.7 Å². The number of amides is 2. The number of hydrogen-bond acceptors (Lipinski definition) is 4. The van der Waals surface area contributed by atoms with Crippen molar-refractivity contribution in [2.24, 2.45) is 5.92 Å². The highest BCUT2D eigenvalue weighted by molar-refractivity contribution is 6.24. The standard InChI is InChI=1S/C19H17N3O2/c23-18-15-16(19(24)22(18)13-7-2-1-3-8-13)20-21-11-10-12-6-4-5-9-14(12)17(15)21/h1-9,15-17,20H,10-11H2/t15-,16-,17+/m0/s1. The van der Waals surface area contributed by atoms with Crippen LogP contribution in [0.25, 0.3) is 0 Å². The highest BCUT2D eigenvalue weighted by atomic mass is 16.2. The molecule has 24 heavy (non-hydrogen) atoms. The van der Waals surface area contributed by atoms with Gasteiger partial charge in [-0.15, -0.1) is 0 Å². The maximum atomic E-state index is 13.1. The van der Waals surface area contributed by atoms with Crippen molar-refractivity contribution in [2.45, 2.75) is 18.5 Å². The molecule has 0 aliphatic carbocycles. The number of hydrazine groups is 1. The smallest absolute Gasteiger partial charge is 0.253 e. The van der Waals surface area contributed by atoms with Crippen molar-refractivity contribution in [2.75, 3.05) is 11.4 Å². The summed E-state index contributed by atoms with van der Waals surface area (Å²) >= 11 is 0. The van der Waals surface area contributed by atoms with Crippen LogP contribution in [0.1, 0.15) is 17.2 Å². The van der Waals surface area contributed by atoms with Crippen molar-refractivity contribution in [3.05, 3.63) is 65.7 Å². The quantitative estimate of drug-likeness (QED) is 0.812. The molecule has 0 unspecified atom stereocenters. The zero-order chi connectivity index (χ0) is 16.3. The van der Waals surface area contributed by atoms with Gasteiger partial charge >= 0.3 is 0 Å². The van der Waals surface area contributed by atoms with E-state index in [9.17, 15) is 9.59 Å². The van der Waals surface area contributed by atoms with E-state index >= 15 is 0 Å². The Bertz CT molecular complexity index is 836. The van der Waals surface area contributed by atoms with Gasteiger partial charge in [-0.1, -0.05) is 42.5 Å². The summed E-state index contributed by atoms with van der Waals surface area (Å²) in [5, 5.41) is 2.08. The summed E-state index contributed by atoms with van der Waals surface area (Å²) in [6, 6.07) is 16.9. The van der Waals surface area contributed by atoms with Crippen molar-refractivity contribution in [3.8, 4) is 0 Å². The summed E-state index contributed by atoms with van der Waals surface area (Å²) in [6.07, 6.45) is 0.934. The fraction of sp³-hybridized carbons (Fsp3) is 0.263. The third-order valence-electron chi connectivity index (χ3n) is 5.34.